The molecule has 8 rings (SSSR count). The Labute approximate surface area is 245 Å². The number of fused-ring (bicyclic) bond motifs is 5. The molecule has 2 aromatic heterocycles. The number of aromatic amines is 1. The summed E-state index contributed by atoms with van der Waals surface area (Å²) in [4.78, 5) is 17.9. The molecule has 4 aliphatic heterocycles. The quantitative estimate of drug-likeness (QED) is 0.281. The first kappa shape index (κ1) is 26.4. The molecule has 42 heavy (non-hydrogen) atoms. The highest BCUT2D eigenvalue weighted by molar-refractivity contribution is 6.01. The Hall–Kier alpha value is -3.27. The Morgan fingerprint density at radius 3 is 2.62 bits per heavy atom. The van der Waals surface area contributed by atoms with Crippen LogP contribution in [0.3, 0.4) is 0 Å². The van der Waals surface area contributed by atoms with E-state index in [1.54, 1.807) is 0 Å². The molecule has 6 heterocycles. The summed E-state index contributed by atoms with van der Waals surface area (Å²) in [6, 6.07) is 11.1. The number of ether oxygens (including phenoxy) is 1. The molecule has 4 aromatic rings. The minimum atomic E-state index is -0.349. The summed E-state index contributed by atoms with van der Waals surface area (Å²) in [5.41, 5.74) is 3.75. The highest BCUT2D eigenvalue weighted by Gasteiger charge is 2.45. The fourth-order valence-electron chi connectivity index (χ4n) is 8.22. The van der Waals surface area contributed by atoms with Gasteiger partial charge in [0.25, 0.3) is 0 Å². The number of benzene rings is 2. The molecule has 0 radical (unpaired) electrons. The number of halogens is 1. The molecule has 220 valence electrons. The third kappa shape index (κ3) is 4.36. The number of hydrogen-bond acceptors (Lipinski definition) is 7. The van der Waals surface area contributed by atoms with Crippen LogP contribution in [0, 0.1) is 5.82 Å². The summed E-state index contributed by atoms with van der Waals surface area (Å²) in [6.07, 6.45) is 10.2. The first-order valence-corrected chi connectivity index (χ1v) is 15.7. The number of aromatic nitrogens is 3. The zero-order chi connectivity index (χ0) is 28.3. The summed E-state index contributed by atoms with van der Waals surface area (Å²) in [5.74, 6) is 0.423. The van der Waals surface area contributed by atoms with Crippen LogP contribution in [0.15, 0.2) is 36.5 Å². The van der Waals surface area contributed by atoms with E-state index in [-0.39, 0.29) is 24.0 Å². The van der Waals surface area contributed by atoms with Crippen LogP contribution in [0.1, 0.15) is 50.5 Å². The molecule has 2 unspecified atom stereocenters. The predicted octanol–water partition coefficient (Wildman–Crippen LogP) is 4.79. The molecule has 0 saturated carbocycles. The van der Waals surface area contributed by atoms with Gasteiger partial charge in [0.05, 0.1) is 5.54 Å². The van der Waals surface area contributed by atoms with E-state index in [9.17, 15) is 5.11 Å². The molecule has 2 atom stereocenters. The third-order valence-corrected chi connectivity index (χ3v) is 10.2. The fourth-order valence-corrected chi connectivity index (χ4v) is 8.22. The van der Waals surface area contributed by atoms with Crippen molar-refractivity contribution in [1.82, 2.24) is 25.2 Å². The molecule has 4 fully saturated rings. The molecule has 8 nitrogen and oxygen atoms in total. The normalized spacial score (nSPS) is 23.3. The van der Waals surface area contributed by atoms with Crippen molar-refractivity contribution in [3.8, 4) is 17.1 Å². The number of aryl methyl sites for hydroxylation is 1. The van der Waals surface area contributed by atoms with Gasteiger partial charge >= 0.3 is 6.01 Å². The van der Waals surface area contributed by atoms with E-state index in [1.165, 1.54) is 12.8 Å². The van der Waals surface area contributed by atoms with E-state index in [4.69, 9.17) is 14.7 Å². The van der Waals surface area contributed by atoms with Crippen LogP contribution in [-0.4, -0.2) is 82.0 Å². The van der Waals surface area contributed by atoms with Gasteiger partial charge in [-0.1, -0.05) is 18.2 Å². The van der Waals surface area contributed by atoms with Gasteiger partial charge in [-0.15, -0.1) is 0 Å². The van der Waals surface area contributed by atoms with Gasteiger partial charge in [0, 0.05) is 65.4 Å². The van der Waals surface area contributed by atoms with Crippen LogP contribution in [0.5, 0.6) is 6.01 Å². The number of aliphatic hydroxyl groups excluding tert-OH is 1. The molecule has 2 bridgehead atoms. The maximum Gasteiger partial charge on any atom is 0.319 e. The summed E-state index contributed by atoms with van der Waals surface area (Å²) < 4.78 is 23.2. The zero-order valence-corrected chi connectivity index (χ0v) is 24.0. The van der Waals surface area contributed by atoms with Gasteiger partial charge in [-0.05, 0) is 82.2 Å². The second-order valence-electron chi connectivity index (χ2n) is 12.8. The Kier molecular flexibility index (Phi) is 6.57. The van der Waals surface area contributed by atoms with E-state index in [0.717, 1.165) is 91.5 Å². The average Bonchev–Trinajstić information content (AvgIpc) is 3.78. The monoisotopic (exact) mass is 570 g/mol. The average molecular weight is 571 g/mol. The minimum absolute atomic E-state index is 0.0576. The number of anilines is 1. The maximum atomic E-state index is 16.8. The number of aliphatic hydroxyl groups is 1. The van der Waals surface area contributed by atoms with E-state index in [2.05, 4.69) is 26.2 Å². The molecule has 9 heteroatoms. The second kappa shape index (κ2) is 10.5. The molecular weight excluding hydrogens is 531 g/mol. The highest BCUT2D eigenvalue weighted by atomic mass is 19.1. The Bertz CT molecular complexity index is 1620. The van der Waals surface area contributed by atoms with Gasteiger partial charge in [0.15, 0.2) is 5.82 Å². The van der Waals surface area contributed by atoms with Crippen molar-refractivity contribution in [3.05, 3.63) is 47.9 Å². The zero-order valence-electron chi connectivity index (χ0n) is 24.0. The van der Waals surface area contributed by atoms with Crippen LogP contribution >= 0.6 is 0 Å². The number of nitrogens with zero attached hydrogens (tertiary/aromatic N) is 4. The van der Waals surface area contributed by atoms with Crippen LogP contribution in [0.25, 0.3) is 32.9 Å². The molecule has 0 amide bonds. The van der Waals surface area contributed by atoms with E-state index in [0.29, 0.717) is 36.2 Å². The van der Waals surface area contributed by atoms with Crippen molar-refractivity contribution >= 4 is 27.6 Å². The molecular formula is C33H39FN6O2. The van der Waals surface area contributed by atoms with Crippen LogP contribution < -0.4 is 15.0 Å². The summed E-state index contributed by atoms with van der Waals surface area (Å²) >= 11 is 0. The Morgan fingerprint density at radius 1 is 1.02 bits per heavy atom. The first-order chi connectivity index (χ1) is 20.6. The Balaban J connectivity index is 1.23. The van der Waals surface area contributed by atoms with Crippen molar-refractivity contribution < 1.29 is 14.2 Å². The van der Waals surface area contributed by atoms with Crippen molar-refractivity contribution in [2.75, 3.05) is 44.3 Å². The minimum Gasteiger partial charge on any atom is -0.461 e. The molecule has 0 aliphatic carbocycles. The first-order valence-electron chi connectivity index (χ1n) is 15.7. The number of piperazine rings is 1. The molecule has 3 N–H and O–H groups in total. The van der Waals surface area contributed by atoms with E-state index >= 15 is 4.39 Å². The third-order valence-electron chi connectivity index (χ3n) is 10.2. The SMILES string of the molecule is OCCCc1cccc2[nH]cc(-c3ccc4c(N5CC6CCC(C5)N6)nc(OCC56CCCN5CCC6)nc4c3F)c12. The summed E-state index contributed by atoms with van der Waals surface area (Å²) in [6.45, 7) is 4.61. The van der Waals surface area contributed by atoms with E-state index < -0.39 is 0 Å². The molecule has 2 aromatic carbocycles. The van der Waals surface area contributed by atoms with Crippen LogP contribution in [0.4, 0.5) is 10.2 Å². The Morgan fingerprint density at radius 2 is 1.83 bits per heavy atom. The van der Waals surface area contributed by atoms with Crippen LogP contribution in [0.2, 0.25) is 0 Å². The smallest absolute Gasteiger partial charge is 0.319 e. The van der Waals surface area contributed by atoms with Gasteiger partial charge < -0.3 is 25.0 Å². The lowest BCUT2D eigenvalue weighted by atomic mass is 9.95. The molecule has 4 saturated heterocycles. The van der Waals surface area contributed by atoms with Crippen molar-refractivity contribution in [1.29, 1.82) is 0 Å². The lowest BCUT2D eigenvalue weighted by Gasteiger charge is -2.34. The lowest BCUT2D eigenvalue weighted by Crippen LogP contribution is -2.51. The molecule has 0 spiro atoms. The summed E-state index contributed by atoms with van der Waals surface area (Å²) in [5, 5.41) is 14.9. The van der Waals surface area contributed by atoms with Crippen LogP contribution in [-0.2, 0) is 6.42 Å². The number of H-pyrrole nitrogens is 1. The largest absolute Gasteiger partial charge is 0.461 e. The highest BCUT2D eigenvalue weighted by Crippen LogP contribution is 2.41. The van der Waals surface area contributed by atoms with Gasteiger partial charge in [-0.2, -0.15) is 9.97 Å². The fraction of sp³-hybridized carbons (Fsp3) is 0.515. The predicted molar refractivity (Wildman–Crippen MR) is 163 cm³/mol. The van der Waals surface area contributed by atoms with Gasteiger partial charge in [-0.25, -0.2) is 4.39 Å². The standard InChI is InChI=1S/C33H39FN6O2/c34-29-24(26-17-35-27-7-1-5-21(28(26)27)6-2-16-41)10-11-25-30(29)37-32(42-20-33-12-3-14-40(33)15-4-13-33)38-31(25)39-18-22-8-9-23(19-39)36-22/h1,5,7,10-11,17,22-23,35-36,41H,2-4,6,8-9,12-16,18-20H2. The van der Waals surface area contributed by atoms with Gasteiger partial charge in [0.1, 0.15) is 17.9 Å². The van der Waals surface area contributed by atoms with Crippen molar-refractivity contribution in [3.63, 3.8) is 0 Å². The number of nitrogens with one attached hydrogen (secondary N) is 2. The molecule has 4 aliphatic rings. The van der Waals surface area contributed by atoms with E-state index in [1.807, 2.05) is 30.5 Å². The number of hydrogen-bond donors (Lipinski definition) is 3. The van der Waals surface area contributed by atoms with Crippen molar-refractivity contribution in [2.45, 2.75) is 69.0 Å². The topological polar surface area (TPSA) is 89.5 Å². The summed E-state index contributed by atoms with van der Waals surface area (Å²) in [7, 11) is 0. The van der Waals surface area contributed by atoms with Crippen molar-refractivity contribution in [2.24, 2.45) is 0 Å². The van der Waals surface area contributed by atoms with Gasteiger partial charge in [0.2, 0.25) is 0 Å². The maximum absolute atomic E-state index is 16.8. The number of rotatable bonds is 8. The second-order valence-corrected chi connectivity index (χ2v) is 12.8. The lowest BCUT2D eigenvalue weighted by molar-refractivity contribution is 0.108. The van der Waals surface area contributed by atoms with Gasteiger partial charge in [-0.3, -0.25) is 4.90 Å².